The Hall–Kier alpha value is -2.82. The molecule has 5 nitrogen and oxygen atoms in total. The van der Waals surface area contributed by atoms with Crippen LogP contribution in [0.3, 0.4) is 0 Å². The van der Waals surface area contributed by atoms with Gasteiger partial charge in [0.1, 0.15) is 5.75 Å². The van der Waals surface area contributed by atoms with Crippen LogP contribution in [0.25, 0.3) is 0 Å². The minimum atomic E-state index is -1.04. The minimum absolute atomic E-state index is 0.0944. The molecule has 0 atom stereocenters. The number of carboxylic acid groups (broad SMARTS) is 1. The van der Waals surface area contributed by atoms with Crippen LogP contribution in [0.1, 0.15) is 36.7 Å². The van der Waals surface area contributed by atoms with Crippen LogP contribution in [0.4, 0.5) is 5.69 Å². The predicted octanol–water partition coefficient (Wildman–Crippen LogP) is 3.70. The van der Waals surface area contributed by atoms with E-state index in [2.05, 4.69) is 26.1 Å². The fraction of sp³-hybridized carbons (Fsp3) is 0.263. The Bertz CT molecular complexity index is 747. The molecule has 1 amide bonds. The molecule has 0 spiro atoms. The third-order valence-electron chi connectivity index (χ3n) is 3.45. The van der Waals surface area contributed by atoms with Gasteiger partial charge in [0.25, 0.3) is 5.91 Å². The predicted molar refractivity (Wildman–Crippen MR) is 92.7 cm³/mol. The van der Waals surface area contributed by atoms with Crippen molar-refractivity contribution in [2.24, 2.45) is 0 Å². The lowest BCUT2D eigenvalue weighted by Gasteiger charge is -2.22. The summed E-state index contributed by atoms with van der Waals surface area (Å²) >= 11 is 0. The summed E-state index contributed by atoms with van der Waals surface area (Å²) in [6.07, 6.45) is 0. The van der Waals surface area contributed by atoms with E-state index in [0.29, 0.717) is 11.4 Å². The standard InChI is InChI=1S/C19H21NO4/c1-19(2,3)15-9-4-5-10-16(15)24-12-17(21)20-14-8-6-7-13(11-14)18(22)23/h4-11H,12H2,1-3H3,(H,20,21)(H,22,23). The molecule has 0 bridgehead atoms. The van der Waals surface area contributed by atoms with E-state index in [4.69, 9.17) is 9.84 Å². The van der Waals surface area contributed by atoms with Crippen molar-refractivity contribution < 1.29 is 19.4 Å². The van der Waals surface area contributed by atoms with Crippen molar-refractivity contribution in [1.29, 1.82) is 0 Å². The molecule has 24 heavy (non-hydrogen) atoms. The Balaban J connectivity index is 2.02. The van der Waals surface area contributed by atoms with Gasteiger partial charge in [-0.15, -0.1) is 0 Å². The summed E-state index contributed by atoms with van der Waals surface area (Å²) in [5.74, 6) is -0.720. The number of carboxylic acids is 1. The van der Waals surface area contributed by atoms with Crippen molar-refractivity contribution in [2.75, 3.05) is 11.9 Å². The zero-order valence-electron chi connectivity index (χ0n) is 14.0. The fourth-order valence-electron chi connectivity index (χ4n) is 2.28. The highest BCUT2D eigenvalue weighted by molar-refractivity contribution is 5.94. The molecule has 0 saturated carbocycles. The number of rotatable bonds is 5. The molecule has 0 heterocycles. The van der Waals surface area contributed by atoms with Crippen molar-refractivity contribution in [3.8, 4) is 5.75 Å². The maximum absolute atomic E-state index is 12.0. The van der Waals surface area contributed by atoms with E-state index in [1.54, 1.807) is 12.1 Å². The monoisotopic (exact) mass is 327 g/mol. The van der Waals surface area contributed by atoms with E-state index in [-0.39, 0.29) is 23.5 Å². The molecule has 2 N–H and O–H groups in total. The second kappa shape index (κ2) is 7.17. The first kappa shape index (κ1) is 17.5. The molecule has 0 unspecified atom stereocenters. The van der Waals surface area contributed by atoms with Crippen molar-refractivity contribution >= 4 is 17.6 Å². The molecular weight excluding hydrogens is 306 g/mol. The SMILES string of the molecule is CC(C)(C)c1ccccc1OCC(=O)Nc1cccc(C(=O)O)c1. The molecule has 2 rings (SSSR count). The van der Waals surface area contributed by atoms with Crippen LogP contribution in [0.2, 0.25) is 0 Å². The van der Waals surface area contributed by atoms with Gasteiger partial charge >= 0.3 is 5.97 Å². The van der Waals surface area contributed by atoms with E-state index in [0.717, 1.165) is 5.56 Å². The molecule has 5 heteroatoms. The number of hydrogen-bond acceptors (Lipinski definition) is 3. The van der Waals surface area contributed by atoms with E-state index >= 15 is 0 Å². The maximum Gasteiger partial charge on any atom is 0.335 e. The van der Waals surface area contributed by atoms with Crippen LogP contribution in [0, 0.1) is 0 Å². The molecule has 0 saturated heterocycles. The normalized spacial score (nSPS) is 11.0. The number of amides is 1. The van der Waals surface area contributed by atoms with Crippen LogP contribution in [0.15, 0.2) is 48.5 Å². The highest BCUT2D eigenvalue weighted by Gasteiger charge is 2.19. The van der Waals surface area contributed by atoms with Gasteiger partial charge < -0.3 is 15.2 Å². The second-order valence-corrected chi connectivity index (χ2v) is 6.47. The number of nitrogens with one attached hydrogen (secondary N) is 1. The summed E-state index contributed by atoms with van der Waals surface area (Å²) in [6, 6.07) is 13.7. The molecule has 2 aromatic carbocycles. The Morgan fingerprint density at radius 1 is 1.08 bits per heavy atom. The fourth-order valence-corrected chi connectivity index (χ4v) is 2.28. The Labute approximate surface area is 141 Å². The molecule has 0 fully saturated rings. The van der Waals surface area contributed by atoms with Crippen LogP contribution < -0.4 is 10.1 Å². The highest BCUT2D eigenvalue weighted by atomic mass is 16.5. The van der Waals surface area contributed by atoms with Gasteiger partial charge in [-0.25, -0.2) is 4.79 Å². The summed E-state index contributed by atoms with van der Waals surface area (Å²) in [5.41, 5.74) is 1.47. The Kier molecular flexibility index (Phi) is 5.24. The zero-order chi connectivity index (χ0) is 17.7. The van der Waals surface area contributed by atoms with Crippen LogP contribution >= 0.6 is 0 Å². The number of carbonyl (C=O) groups is 2. The quantitative estimate of drug-likeness (QED) is 0.878. The van der Waals surface area contributed by atoms with Crippen molar-refractivity contribution in [1.82, 2.24) is 0 Å². The smallest absolute Gasteiger partial charge is 0.335 e. The third-order valence-corrected chi connectivity index (χ3v) is 3.45. The van der Waals surface area contributed by atoms with Crippen LogP contribution in [-0.4, -0.2) is 23.6 Å². The van der Waals surface area contributed by atoms with Gasteiger partial charge in [-0.1, -0.05) is 45.0 Å². The van der Waals surface area contributed by atoms with E-state index < -0.39 is 5.97 Å². The van der Waals surface area contributed by atoms with E-state index in [1.807, 2.05) is 24.3 Å². The Morgan fingerprint density at radius 2 is 1.79 bits per heavy atom. The Morgan fingerprint density at radius 3 is 2.46 bits per heavy atom. The summed E-state index contributed by atoms with van der Waals surface area (Å²) in [4.78, 5) is 23.0. The third kappa shape index (κ3) is 4.59. The number of anilines is 1. The van der Waals surface area contributed by atoms with Crippen molar-refractivity contribution in [3.63, 3.8) is 0 Å². The van der Waals surface area contributed by atoms with Crippen LogP contribution in [-0.2, 0) is 10.2 Å². The molecule has 0 aliphatic heterocycles. The molecular formula is C19H21NO4. The highest BCUT2D eigenvalue weighted by Crippen LogP contribution is 2.30. The number of aromatic carboxylic acids is 1. The lowest BCUT2D eigenvalue weighted by Crippen LogP contribution is -2.22. The maximum atomic E-state index is 12.0. The van der Waals surface area contributed by atoms with Gasteiger partial charge in [0.2, 0.25) is 0 Å². The zero-order valence-corrected chi connectivity index (χ0v) is 14.0. The lowest BCUT2D eigenvalue weighted by molar-refractivity contribution is -0.118. The number of hydrogen-bond donors (Lipinski definition) is 2. The minimum Gasteiger partial charge on any atom is -0.483 e. The molecule has 0 radical (unpaired) electrons. The van der Waals surface area contributed by atoms with Gasteiger partial charge in [0, 0.05) is 5.69 Å². The summed E-state index contributed by atoms with van der Waals surface area (Å²) in [6.45, 7) is 6.08. The van der Waals surface area contributed by atoms with E-state index in [1.165, 1.54) is 12.1 Å². The van der Waals surface area contributed by atoms with E-state index in [9.17, 15) is 9.59 Å². The number of para-hydroxylation sites is 1. The van der Waals surface area contributed by atoms with Crippen LogP contribution in [0.5, 0.6) is 5.75 Å². The molecule has 0 aliphatic rings. The number of benzene rings is 2. The number of carbonyl (C=O) groups excluding carboxylic acids is 1. The largest absolute Gasteiger partial charge is 0.483 e. The van der Waals surface area contributed by atoms with Gasteiger partial charge in [-0.05, 0) is 35.2 Å². The molecule has 126 valence electrons. The first-order valence-electron chi connectivity index (χ1n) is 7.63. The topological polar surface area (TPSA) is 75.6 Å². The summed E-state index contributed by atoms with van der Waals surface area (Å²) < 4.78 is 5.65. The number of ether oxygens (including phenoxy) is 1. The van der Waals surface area contributed by atoms with Gasteiger partial charge in [0.05, 0.1) is 5.56 Å². The van der Waals surface area contributed by atoms with Gasteiger partial charge in [-0.3, -0.25) is 4.79 Å². The average molecular weight is 327 g/mol. The molecule has 0 aliphatic carbocycles. The molecule has 2 aromatic rings. The van der Waals surface area contributed by atoms with Crippen molar-refractivity contribution in [2.45, 2.75) is 26.2 Å². The first-order valence-corrected chi connectivity index (χ1v) is 7.63. The van der Waals surface area contributed by atoms with Crippen molar-refractivity contribution in [3.05, 3.63) is 59.7 Å². The first-order chi connectivity index (χ1) is 11.3. The summed E-state index contributed by atoms with van der Waals surface area (Å²) in [5, 5.41) is 11.6. The average Bonchev–Trinajstić information content (AvgIpc) is 2.52. The second-order valence-electron chi connectivity index (χ2n) is 6.47. The lowest BCUT2D eigenvalue weighted by atomic mass is 9.86. The van der Waals surface area contributed by atoms with Gasteiger partial charge in [-0.2, -0.15) is 0 Å². The molecule has 0 aromatic heterocycles. The summed E-state index contributed by atoms with van der Waals surface area (Å²) in [7, 11) is 0. The van der Waals surface area contributed by atoms with Gasteiger partial charge in [0.15, 0.2) is 6.61 Å².